The second kappa shape index (κ2) is 6.86. The first-order chi connectivity index (χ1) is 8.69. The highest BCUT2D eigenvalue weighted by Crippen LogP contribution is 2.17. The molecule has 3 nitrogen and oxygen atoms in total. The van der Waals surface area contributed by atoms with Crippen molar-refractivity contribution in [3.05, 3.63) is 19.9 Å². The van der Waals surface area contributed by atoms with Crippen LogP contribution in [0.3, 0.4) is 0 Å². The van der Waals surface area contributed by atoms with Crippen molar-refractivity contribution in [3.63, 3.8) is 0 Å². The Morgan fingerprint density at radius 1 is 1.56 bits per heavy atom. The number of piperidine rings is 1. The number of carbonyl (C=O) groups excluding carboxylic acids is 1. The van der Waals surface area contributed by atoms with Gasteiger partial charge in [-0.2, -0.15) is 0 Å². The van der Waals surface area contributed by atoms with E-state index < -0.39 is 0 Å². The van der Waals surface area contributed by atoms with E-state index in [4.69, 9.17) is 0 Å². The van der Waals surface area contributed by atoms with Crippen molar-refractivity contribution in [1.82, 2.24) is 10.2 Å². The zero-order valence-corrected chi connectivity index (χ0v) is 13.6. The van der Waals surface area contributed by atoms with Crippen LogP contribution in [0.2, 0.25) is 0 Å². The van der Waals surface area contributed by atoms with Crippen LogP contribution in [-0.2, 0) is 0 Å². The van der Waals surface area contributed by atoms with Gasteiger partial charge in [0, 0.05) is 24.5 Å². The van der Waals surface area contributed by atoms with Crippen LogP contribution in [0.5, 0.6) is 0 Å². The number of rotatable bonds is 4. The standard InChI is InChI=1S/C13H19IN2OS/c1-2-5-16-6-3-11(4-7-16)15-13(17)10-8-12(14)18-9-10/h8-9,11H,2-7H2,1H3,(H,15,17). The molecule has 0 radical (unpaired) electrons. The number of nitrogens with one attached hydrogen (secondary N) is 1. The van der Waals surface area contributed by atoms with E-state index in [-0.39, 0.29) is 5.91 Å². The maximum absolute atomic E-state index is 12.0. The summed E-state index contributed by atoms with van der Waals surface area (Å²) in [6, 6.07) is 2.30. The normalized spacial score (nSPS) is 17.9. The molecule has 1 aliphatic rings. The summed E-state index contributed by atoms with van der Waals surface area (Å²) in [5.74, 6) is 0.0862. The van der Waals surface area contributed by atoms with E-state index in [0.717, 1.165) is 34.4 Å². The van der Waals surface area contributed by atoms with Crippen LogP contribution >= 0.6 is 33.9 Å². The summed E-state index contributed by atoms with van der Waals surface area (Å²) in [5, 5.41) is 5.08. The lowest BCUT2D eigenvalue weighted by Gasteiger charge is -2.32. The predicted molar refractivity (Wildman–Crippen MR) is 84.3 cm³/mol. The zero-order valence-electron chi connectivity index (χ0n) is 10.6. The zero-order chi connectivity index (χ0) is 13.0. The Morgan fingerprint density at radius 2 is 2.28 bits per heavy atom. The van der Waals surface area contributed by atoms with E-state index in [0.29, 0.717) is 6.04 Å². The maximum Gasteiger partial charge on any atom is 0.252 e. The fourth-order valence-electron chi connectivity index (χ4n) is 2.32. The average Bonchev–Trinajstić information content (AvgIpc) is 2.79. The molecule has 1 aliphatic heterocycles. The molecule has 0 atom stereocenters. The lowest BCUT2D eigenvalue weighted by molar-refractivity contribution is 0.0911. The highest BCUT2D eigenvalue weighted by Gasteiger charge is 2.20. The van der Waals surface area contributed by atoms with Crippen molar-refractivity contribution in [3.8, 4) is 0 Å². The lowest BCUT2D eigenvalue weighted by atomic mass is 10.0. The van der Waals surface area contributed by atoms with Crippen LogP contribution in [0.25, 0.3) is 0 Å². The molecule has 2 rings (SSSR count). The topological polar surface area (TPSA) is 32.3 Å². The fourth-order valence-corrected chi connectivity index (χ4v) is 3.64. The number of hydrogen-bond donors (Lipinski definition) is 1. The van der Waals surface area contributed by atoms with Crippen molar-refractivity contribution in [2.75, 3.05) is 19.6 Å². The van der Waals surface area contributed by atoms with Crippen molar-refractivity contribution >= 4 is 39.8 Å². The molecule has 1 aromatic heterocycles. The lowest BCUT2D eigenvalue weighted by Crippen LogP contribution is -2.44. The Labute approximate surface area is 126 Å². The van der Waals surface area contributed by atoms with Gasteiger partial charge in [0.1, 0.15) is 0 Å². The van der Waals surface area contributed by atoms with Gasteiger partial charge in [-0.3, -0.25) is 4.79 Å². The summed E-state index contributed by atoms with van der Waals surface area (Å²) < 4.78 is 1.16. The molecular weight excluding hydrogens is 359 g/mol. The van der Waals surface area contributed by atoms with E-state index in [1.807, 2.05) is 11.4 Å². The minimum atomic E-state index is 0.0862. The smallest absolute Gasteiger partial charge is 0.252 e. The first-order valence-corrected chi connectivity index (χ1v) is 8.42. The van der Waals surface area contributed by atoms with Gasteiger partial charge >= 0.3 is 0 Å². The fraction of sp³-hybridized carbons (Fsp3) is 0.615. The summed E-state index contributed by atoms with van der Waals surface area (Å²) in [6.07, 6.45) is 3.37. The molecule has 1 saturated heterocycles. The SMILES string of the molecule is CCCN1CCC(NC(=O)c2csc(I)c2)CC1. The van der Waals surface area contributed by atoms with Crippen LogP contribution in [0, 0.1) is 2.88 Å². The molecule has 18 heavy (non-hydrogen) atoms. The molecule has 1 amide bonds. The summed E-state index contributed by atoms with van der Waals surface area (Å²) in [4.78, 5) is 14.5. The number of thiophene rings is 1. The maximum atomic E-state index is 12.0. The Bertz CT molecular complexity index is 399. The summed E-state index contributed by atoms with van der Waals surface area (Å²) in [7, 11) is 0. The predicted octanol–water partition coefficient (Wildman–Crippen LogP) is 2.96. The first kappa shape index (κ1) is 14.3. The second-order valence-electron chi connectivity index (χ2n) is 4.73. The molecular formula is C13H19IN2OS. The Balaban J connectivity index is 1.79. The molecule has 1 aromatic rings. The van der Waals surface area contributed by atoms with Crippen LogP contribution in [-0.4, -0.2) is 36.5 Å². The van der Waals surface area contributed by atoms with E-state index in [1.165, 1.54) is 13.0 Å². The van der Waals surface area contributed by atoms with Crippen molar-refractivity contribution in [2.24, 2.45) is 0 Å². The third-order valence-electron chi connectivity index (χ3n) is 3.29. The minimum Gasteiger partial charge on any atom is -0.349 e. The Morgan fingerprint density at radius 3 is 2.83 bits per heavy atom. The molecule has 5 heteroatoms. The molecule has 2 heterocycles. The molecule has 1 N–H and O–H groups in total. The highest BCUT2D eigenvalue weighted by atomic mass is 127. The number of hydrogen-bond acceptors (Lipinski definition) is 3. The van der Waals surface area contributed by atoms with Gasteiger partial charge in [0.2, 0.25) is 0 Å². The minimum absolute atomic E-state index is 0.0862. The monoisotopic (exact) mass is 378 g/mol. The number of halogens is 1. The molecule has 100 valence electrons. The van der Waals surface area contributed by atoms with Gasteiger partial charge in [0.25, 0.3) is 5.91 Å². The van der Waals surface area contributed by atoms with Crippen LogP contribution in [0.1, 0.15) is 36.5 Å². The van der Waals surface area contributed by atoms with E-state index >= 15 is 0 Å². The van der Waals surface area contributed by atoms with Gasteiger partial charge in [-0.1, -0.05) is 6.92 Å². The van der Waals surface area contributed by atoms with Gasteiger partial charge in [-0.05, 0) is 54.5 Å². The van der Waals surface area contributed by atoms with Gasteiger partial charge in [0.05, 0.1) is 8.45 Å². The number of amides is 1. The van der Waals surface area contributed by atoms with Gasteiger partial charge in [-0.25, -0.2) is 0 Å². The second-order valence-corrected chi connectivity index (χ2v) is 7.53. The van der Waals surface area contributed by atoms with Crippen molar-refractivity contribution < 1.29 is 4.79 Å². The van der Waals surface area contributed by atoms with E-state index in [2.05, 4.69) is 39.7 Å². The molecule has 1 fully saturated rings. The number of nitrogens with zero attached hydrogens (tertiary/aromatic N) is 1. The Hall–Kier alpha value is -0.140. The average molecular weight is 378 g/mol. The summed E-state index contributed by atoms with van der Waals surface area (Å²) >= 11 is 3.87. The van der Waals surface area contributed by atoms with Gasteiger partial charge in [-0.15, -0.1) is 11.3 Å². The van der Waals surface area contributed by atoms with Crippen LogP contribution in [0.4, 0.5) is 0 Å². The molecule has 0 spiro atoms. The molecule has 0 bridgehead atoms. The van der Waals surface area contributed by atoms with Gasteiger partial charge in [0.15, 0.2) is 0 Å². The first-order valence-electron chi connectivity index (χ1n) is 6.46. The third-order valence-corrected chi connectivity index (χ3v) is 5.08. The summed E-state index contributed by atoms with van der Waals surface area (Å²) in [6.45, 7) is 5.62. The third kappa shape index (κ3) is 3.93. The van der Waals surface area contributed by atoms with Crippen molar-refractivity contribution in [1.29, 1.82) is 0 Å². The van der Waals surface area contributed by atoms with Gasteiger partial charge < -0.3 is 10.2 Å². The quantitative estimate of drug-likeness (QED) is 0.818. The number of carbonyl (C=O) groups is 1. The molecule has 0 saturated carbocycles. The molecule has 0 aromatic carbocycles. The molecule has 0 aliphatic carbocycles. The van der Waals surface area contributed by atoms with E-state index in [1.54, 1.807) is 11.3 Å². The highest BCUT2D eigenvalue weighted by molar-refractivity contribution is 14.1. The van der Waals surface area contributed by atoms with E-state index in [9.17, 15) is 4.79 Å². The summed E-state index contributed by atoms with van der Waals surface area (Å²) in [5.41, 5.74) is 0.806. The Kier molecular flexibility index (Phi) is 5.44. The largest absolute Gasteiger partial charge is 0.349 e. The van der Waals surface area contributed by atoms with Crippen LogP contribution < -0.4 is 5.32 Å². The van der Waals surface area contributed by atoms with Crippen molar-refractivity contribution in [2.45, 2.75) is 32.2 Å². The van der Waals surface area contributed by atoms with Crippen LogP contribution in [0.15, 0.2) is 11.4 Å². The number of likely N-dealkylation sites (tertiary alicyclic amines) is 1. The molecule has 0 unspecified atom stereocenters.